The van der Waals surface area contributed by atoms with Crippen molar-refractivity contribution in [2.75, 3.05) is 32.2 Å². The first-order valence-corrected chi connectivity index (χ1v) is 5.69. The van der Waals surface area contributed by atoms with Crippen molar-refractivity contribution in [3.05, 3.63) is 17.0 Å². The molecule has 0 amide bonds. The van der Waals surface area contributed by atoms with Gasteiger partial charge in [-0.3, -0.25) is 0 Å². The van der Waals surface area contributed by atoms with E-state index in [-0.39, 0.29) is 17.6 Å². The standard InChI is InChI=1S/C10H13ClF3N3O2/c1-18-3-2-15-8-4-7(16-9(11)17-8)5-19-6-10(12,13)14/h4H,2-3,5-6H2,1H3,(H,15,16,17). The van der Waals surface area contributed by atoms with Crippen LogP contribution < -0.4 is 5.32 Å². The van der Waals surface area contributed by atoms with Crippen LogP contribution in [0.5, 0.6) is 0 Å². The zero-order valence-electron chi connectivity index (χ0n) is 10.1. The van der Waals surface area contributed by atoms with Crippen LogP contribution in [0.3, 0.4) is 0 Å². The van der Waals surface area contributed by atoms with Crippen molar-refractivity contribution in [2.45, 2.75) is 12.8 Å². The summed E-state index contributed by atoms with van der Waals surface area (Å²) in [5, 5.41) is 2.83. The summed E-state index contributed by atoms with van der Waals surface area (Å²) in [6, 6.07) is 1.47. The van der Waals surface area contributed by atoms with Gasteiger partial charge in [-0.1, -0.05) is 0 Å². The Morgan fingerprint density at radius 1 is 1.37 bits per heavy atom. The monoisotopic (exact) mass is 299 g/mol. The molecule has 0 saturated carbocycles. The Kier molecular flexibility index (Phi) is 6.26. The van der Waals surface area contributed by atoms with Crippen LogP contribution in [0.2, 0.25) is 5.28 Å². The number of rotatable bonds is 7. The Morgan fingerprint density at radius 2 is 2.11 bits per heavy atom. The van der Waals surface area contributed by atoms with Crippen molar-refractivity contribution in [1.29, 1.82) is 0 Å². The number of aromatic nitrogens is 2. The van der Waals surface area contributed by atoms with Crippen LogP contribution in [-0.2, 0) is 16.1 Å². The number of hydrogen-bond donors (Lipinski definition) is 1. The fourth-order valence-electron chi connectivity index (χ4n) is 1.18. The van der Waals surface area contributed by atoms with Crippen LogP contribution >= 0.6 is 11.6 Å². The minimum atomic E-state index is -4.36. The molecule has 1 aromatic rings. The van der Waals surface area contributed by atoms with Crippen LogP contribution in [0.15, 0.2) is 6.07 Å². The Bertz CT molecular complexity index is 404. The van der Waals surface area contributed by atoms with Gasteiger partial charge in [0.1, 0.15) is 12.4 Å². The number of ether oxygens (including phenoxy) is 2. The molecular formula is C10H13ClF3N3O2. The van der Waals surface area contributed by atoms with E-state index in [9.17, 15) is 13.2 Å². The number of halogens is 4. The van der Waals surface area contributed by atoms with Gasteiger partial charge in [-0.15, -0.1) is 0 Å². The van der Waals surface area contributed by atoms with Crippen molar-refractivity contribution < 1.29 is 22.6 Å². The molecule has 5 nitrogen and oxygen atoms in total. The first-order chi connectivity index (χ1) is 8.90. The van der Waals surface area contributed by atoms with Gasteiger partial charge in [0.15, 0.2) is 0 Å². The van der Waals surface area contributed by atoms with E-state index in [1.165, 1.54) is 6.07 Å². The molecule has 0 atom stereocenters. The average molecular weight is 300 g/mol. The lowest BCUT2D eigenvalue weighted by molar-refractivity contribution is -0.176. The third kappa shape index (κ3) is 7.14. The molecule has 0 aliphatic heterocycles. The smallest absolute Gasteiger partial charge is 0.383 e. The van der Waals surface area contributed by atoms with Crippen LogP contribution in [0.4, 0.5) is 19.0 Å². The summed E-state index contributed by atoms with van der Waals surface area (Å²) in [7, 11) is 1.55. The molecule has 1 aromatic heterocycles. The molecule has 0 aromatic carbocycles. The second kappa shape index (κ2) is 7.46. The van der Waals surface area contributed by atoms with E-state index >= 15 is 0 Å². The van der Waals surface area contributed by atoms with Gasteiger partial charge >= 0.3 is 6.18 Å². The minimum absolute atomic E-state index is 0.0620. The van der Waals surface area contributed by atoms with Gasteiger partial charge in [-0.05, 0) is 11.6 Å². The lowest BCUT2D eigenvalue weighted by Crippen LogP contribution is -2.17. The summed E-state index contributed by atoms with van der Waals surface area (Å²) >= 11 is 5.66. The summed E-state index contributed by atoms with van der Waals surface area (Å²) in [4.78, 5) is 7.64. The van der Waals surface area contributed by atoms with Gasteiger partial charge in [0.2, 0.25) is 5.28 Å². The molecule has 9 heteroatoms. The predicted molar refractivity (Wildman–Crippen MR) is 63.1 cm³/mol. The summed E-state index contributed by atoms with van der Waals surface area (Å²) < 4.78 is 45.1. The molecule has 0 saturated heterocycles. The fraction of sp³-hybridized carbons (Fsp3) is 0.600. The highest BCUT2D eigenvalue weighted by atomic mass is 35.5. The number of anilines is 1. The summed E-state index contributed by atoms with van der Waals surface area (Å²) in [6.07, 6.45) is -4.36. The molecule has 0 fully saturated rings. The van der Waals surface area contributed by atoms with Crippen molar-refractivity contribution in [1.82, 2.24) is 9.97 Å². The summed E-state index contributed by atoms with van der Waals surface area (Å²) in [6.45, 7) is -0.671. The van der Waals surface area contributed by atoms with E-state index in [2.05, 4.69) is 20.0 Å². The summed E-state index contributed by atoms with van der Waals surface area (Å²) in [5.41, 5.74) is 0.268. The maximum absolute atomic E-state index is 11.9. The van der Waals surface area contributed by atoms with E-state index in [0.29, 0.717) is 19.0 Å². The zero-order chi connectivity index (χ0) is 14.3. The molecular weight excluding hydrogens is 287 g/mol. The van der Waals surface area contributed by atoms with Gasteiger partial charge in [0.25, 0.3) is 0 Å². The highest BCUT2D eigenvalue weighted by Gasteiger charge is 2.27. The van der Waals surface area contributed by atoms with Gasteiger partial charge in [-0.2, -0.15) is 13.2 Å². The highest BCUT2D eigenvalue weighted by Crippen LogP contribution is 2.16. The molecule has 19 heavy (non-hydrogen) atoms. The highest BCUT2D eigenvalue weighted by molar-refractivity contribution is 6.28. The lowest BCUT2D eigenvalue weighted by atomic mass is 10.4. The number of hydrogen-bond acceptors (Lipinski definition) is 5. The number of alkyl halides is 3. The Hall–Kier alpha value is -1.12. The normalized spacial score (nSPS) is 11.6. The first kappa shape index (κ1) is 15.9. The van der Waals surface area contributed by atoms with Crippen molar-refractivity contribution >= 4 is 17.4 Å². The number of nitrogens with zero attached hydrogens (tertiary/aromatic N) is 2. The molecule has 1 rings (SSSR count). The van der Waals surface area contributed by atoms with E-state index in [1.807, 2.05) is 0 Å². The van der Waals surface area contributed by atoms with Gasteiger partial charge in [0.05, 0.1) is 18.9 Å². The predicted octanol–water partition coefficient (Wildman–Crippen LogP) is 2.27. The van der Waals surface area contributed by atoms with Gasteiger partial charge in [0, 0.05) is 19.7 Å². The van der Waals surface area contributed by atoms with Gasteiger partial charge < -0.3 is 14.8 Å². The second-order valence-electron chi connectivity index (χ2n) is 3.54. The van der Waals surface area contributed by atoms with Gasteiger partial charge in [-0.25, -0.2) is 9.97 Å². The lowest BCUT2D eigenvalue weighted by Gasteiger charge is -2.09. The van der Waals surface area contributed by atoms with Crippen LogP contribution in [0.25, 0.3) is 0 Å². The topological polar surface area (TPSA) is 56.3 Å². The van der Waals surface area contributed by atoms with Crippen molar-refractivity contribution in [3.8, 4) is 0 Å². The first-order valence-electron chi connectivity index (χ1n) is 5.31. The van der Waals surface area contributed by atoms with E-state index in [4.69, 9.17) is 16.3 Å². The zero-order valence-corrected chi connectivity index (χ0v) is 10.9. The van der Waals surface area contributed by atoms with E-state index < -0.39 is 12.8 Å². The molecule has 0 aliphatic carbocycles. The molecule has 0 unspecified atom stereocenters. The quantitative estimate of drug-likeness (QED) is 0.618. The van der Waals surface area contributed by atoms with Crippen molar-refractivity contribution in [2.24, 2.45) is 0 Å². The second-order valence-corrected chi connectivity index (χ2v) is 3.88. The molecule has 108 valence electrons. The maximum atomic E-state index is 11.9. The fourth-order valence-corrected chi connectivity index (χ4v) is 1.38. The maximum Gasteiger partial charge on any atom is 0.411 e. The molecule has 1 heterocycles. The molecule has 0 aliphatic rings. The Balaban J connectivity index is 2.53. The Morgan fingerprint density at radius 3 is 2.74 bits per heavy atom. The molecule has 1 N–H and O–H groups in total. The molecule has 0 spiro atoms. The SMILES string of the molecule is COCCNc1cc(COCC(F)(F)F)nc(Cl)n1. The van der Waals surface area contributed by atoms with Crippen LogP contribution in [-0.4, -0.2) is 43.0 Å². The largest absolute Gasteiger partial charge is 0.411 e. The minimum Gasteiger partial charge on any atom is -0.383 e. The average Bonchev–Trinajstić information content (AvgIpc) is 2.27. The molecule has 0 radical (unpaired) electrons. The Labute approximate surface area is 113 Å². The number of methoxy groups -OCH3 is 1. The van der Waals surface area contributed by atoms with E-state index in [0.717, 1.165) is 0 Å². The van der Waals surface area contributed by atoms with Crippen LogP contribution in [0.1, 0.15) is 5.69 Å². The van der Waals surface area contributed by atoms with E-state index in [1.54, 1.807) is 7.11 Å². The third-order valence-corrected chi connectivity index (χ3v) is 2.05. The molecule has 0 bridgehead atoms. The summed E-state index contributed by atoms with van der Waals surface area (Å²) in [5.74, 6) is 0.405. The van der Waals surface area contributed by atoms with Crippen molar-refractivity contribution in [3.63, 3.8) is 0 Å². The third-order valence-electron chi connectivity index (χ3n) is 1.88. The van der Waals surface area contributed by atoms with Crippen LogP contribution in [0, 0.1) is 0 Å². The number of nitrogens with one attached hydrogen (secondary N) is 1.